The van der Waals surface area contributed by atoms with E-state index in [1.54, 1.807) is 0 Å². The highest BCUT2D eigenvalue weighted by Crippen LogP contribution is 2.20. The molecule has 1 aromatic rings. The third-order valence-corrected chi connectivity index (χ3v) is 3.30. The van der Waals surface area contributed by atoms with Crippen LogP contribution in [0.3, 0.4) is 0 Å². The first-order chi connectivity index (χ1) is 9.11. The SMILES string of the molecule is CC(=O)NCCn1c(O)c(CS(=O)(=O)O)c(C)cc1=O. The zero-order valence-corrected chi connectivity index (χ0v) is 11.9. The molecule has 0 saturated carbocycles. The third-order valence-electron chi connectivity index (χ3n) is 2.64. The fourth-order valence-electron chi connectivity index (χ4n) is 1.71. The first kappa shape index (κ1) is 16.2. The molecule has 0 radical (unpaired) electrons. The van der Waals surface area contributed by atoms with Crippen molar-refractivity contribution >= 4 is 16.0 Å². The van der Waals surface area contributed by atoms with Gasteiger partial charge in [0.2, 0.25) is 5.91 Å². The first-order valence-corrected chi connectivity index (χ1v) is 7.34. The minimum absolute atomic E-state index is 0.0109. The molecular weight excluding hydrogens is 288 g/mol. The summed E-state index contributed by atoms with van der Waals surface area (Å²) in [6.07, 6.45) is 0. The van der Waals surface area contributed by atoms with Crippen molar-refractivity contribution in [2.75, 3.05) is 6.54 Å². The number of nitrogens with one attached hydrogen (secondary N) is 1. The number of rotatable bonds is 5. The maximum atomic E-state index is 11.7. The summed E-state index contributed by atoms with van der Waals surface area (Å²) in [7, 11) is -4.33. The Balaban J connectivity index is 3.15. The molecule has 1 aromatic heterocycles. The number of pyridine rings is 1. The number of amides is 1. The molecule has 0 aliphatic heterocycles. The molecule has 9 heteroatoms. The molecule has 0 spiro atoms. The molecule has 1 rings (SSSR count). The second-order valence-electron chi connectivity index (χ2n) is 4.33. The molecule has 0 aliphatic rings. The minimum atomic E-state index is -4.33. The Bertz CT molecular complexity index is 677. The number of nitrogens with zero attached hydrogens (tertiary/aromatic N) is 1. The second-order valence-corrected chi connectivity index (χ2v) is 5.78. The van der Waals surface area contributed by atoms with Crippen LogP contribution in [-0.4, -0.2) is 35.1 Å². The highest BCUT2D eigenvalue weighted by Gasteiger charge is 2.17. The van der Waals surface area contributed by atoms with E-state index < -0.39 is 27.3 Å². The zero-order valence-electron chi connectivity index (χ0n) is 11.1. The average molecular weight is 304 g/mol. The Kier molecular flexibility index (Phi) is 4.90. The number of hydrogen-bond donors (Lipinski definition) is 3. The van der Waals surface area contributed by atoms with Crippen molar-refractivity contribution in [1.82, 2.24) is 9.88 Å². The molecule has 0 bridgehead atoms. The predicted molar refractivity (Wildman–Crippen MR) is 71.0 cm³/mol. The van der Waals surface area contributed by atoms with E-state index in [4.69, 9.17) is 4.55 Å². The molecule has 0 aliphatic carbocycles. The molecule has 0 aromatic carbocycles. The van der Waals surface area contributed by atoms with E-state index in [0.717, 1.165) is 10.6 Å². The van der Waals surface area contributed by atoms with Gasteiger partial charge in [0.05, 0.1) is 0 Å². The smallest absolute Gasteiger partial charge is 0.269 e. The van der Waals surface area contributed by atoms with Gasteiger partial charge in [-0.25, -0.2) is 0 Å². The quantitative estimate of drug-likeness (QED) is 0.623. The van der Waals surface area contributed by atoms with Crippen molar-refractivity contribution in [3.8, 4) is 5.88 Å². The molecule has 8 nitrogen and oxygen atoms in total. The van der Waals surface area contributed by atoms with Crippen LogP contribution in [0.2, 0.25) is 0 Å². The molecule has 0 unspecified atom stereocenters. The van der Waals surface area contributed by atoms with Crippen LogP contribution in [0.4, 0.5) is 0 Å². The van der Waals surface area contributed by atoms with Gasteiger partial charge in [0.25, 0.3) is 15.7 Å². The summed E-state index contributed by atoms with van der Waals surface area (Å²) in [5.41, 5.74) is -0.305. The molecule has 3 N–H and O–H groups in total. The van der Waals surface area contributed by atoms with Crippen molar-refractivity contribution in [1.29, 1.82) is 0 Å². The molecule has 0 saturated heterocycles. The molecule has 0 atom stereocenters. The standard InChI is InChI=1S/C11H16N2O6S/c1-7-5-10(15)13(4-3-12-8(2)14)11(16)9(7)6-20(17,18)19/h5,16H,3-4,6H2,1-2H3,(H,12,14)(H,17,18,19). The van der Waals surface area contributed by atoms with Crippen molar-refractivity contribution in [2.45, 2.75) is 26.1 Å². The number of carbonyl (C=O) groups excluding carboxylic acids is 1. The maximum Gasteiger partial charge on any atom is 0.269 e. The summed E-state index contributed by atoms with van der Waals surface area (Å²) in [4.78, 5) is 22.5. The largest absolute Gasteiger partial charge is 0.494 e. The van der Waals surface area contributed by atoms with E-state index in [9.17, 15) is 23.1 Å². The van der Waals surface area contributed by atoms with Gasteiger partial charge in [0.1, 0.15) is 5.75 Å². The molecular formula is C11H16N2O6S. The molecule has 1 amide bonds. The van der Waals surface area contributed by atoms with Crippen molar-refractivity contribution in [2.24, 2.45) is 0 Å². The van der Waals surface area contributed by atoms with Gasteiger partial charge in [-0.05, 0) is 12.5 Å². The van der Waals surface area contributed by atoms with E-state index in [1.165, 1.54) is 13.8 Å². The van der Waals surface area contributed by atoms with Gasteiger partial charge >= 0.3 is 0 Å². The van der Waals surface area contributed by atoms with Crippen LogP contribution in [-0.2, 0) is 27.2 Å². The molecule has 112 valence electrons. The number of aryl methyl sites for hydroxylation is 1. The van der Waals surface area contributed by atoms with Gasteiger partial charge < -0.3 is 10.4 Å². The molecule has 20 heavy (non-hydrogen) atoms. The number of hydrogen-bond acceptors (Lipinski definition) is 5. The topological polar surface area (TPSA) is 126 Å². The summed E-state index contributed by atoms with van der Waals surface area (Å²) < 4.78 is 31.6. The first-order valence-electron chi connectivity index (χ1n) is 5.73. The molecule has 0 fully saturated rings. The van der Waals surface area contributed by atoms with Gasteiger partial charge in [-0.3, -0.25) is 18.7 Å². The van der Waals surface area contributed by atoms with Gasteiger partial charge in [-0.2, -0.15) is 8.42 Å². The van der Waals surface area contributed by atoms with Gasteiger partial charge in [0, 0.05) is 31.6 Å². The Morgan fingerprint density at radius 2 is 2.05 bits per heavy atom. The van der Waals surface area contributed by atoms with Crippen molar-refractivity contribution in [3.05, 3.63) is 27.5 Å². The van der Waals surface area contributed by atoms with Crippen LogP contribution in [0.1, 0.15) is 18.1 Å². The second kappa shape index (κ2) is 6.06. The van der Waals surface area contributed by atoms with E-state index in [0.29, 0.717) is 0 Å². The fraction of sp³-hybridized carbons (Fsp3) is 0.455. The third kappa shape index (κ3) is 4.35. The fourth-order valence-corrected chi connectivity index (χ4v) is 2.44. The van der Waals surface area contributed by atoms with E-state index in [2.05, 4.69) is 5.32 Å². The lowest BCUT2D eigenvalue weighted by Gasteiger charge is -2.14. The molecule has 1 heterocycles. The lowest BCUT2D eigenvalue weighted by atomic mass is 10.1. The van der Waals surface area contributed by atoms with Crippen LogP contribution < -0.4 is 10.9 Å². The zero-order chi connectivity index (χ0) is 15.5. The van der Waals surface area contributed by atoms with E-state index >= 15 is 0 Å². The van der Waals surface area contributed by atoms with Crippen LogP contribution in [0, 0.1) is 6.92 Å². The lowest BCUT2D eigenvalue weighted by Crippen LogP contribution is -2.30. The average Bonchev–Trinajstić information content (AvgIpc) is 2.27. The Labute approximate surface area is 115 Å². The lowest BCUT2D eigenvalue weighted by molar-refractivity contribution is -0.119. The normalized spacial score (nSPS) is 11.3. The predicted octanol–water partition coefficient (Wildman–Crippen LogP) is -0.614. The van der Waals surface area contributed by atoms with E-state index in [1.807, 2.05) is 0 Å². The van der Waals surface area contributed by atoms with E-state index in [-0.39, 0.29) is 30.1 Å². The summed E-state index contributed by atoms with van der Waals surface area (Å²) in [5, 5.41) is 12.4. The Morgan fingerprint density at radius 3 is 2.55 bits per heavy atom. The van der Waals surface area contributed by atoms with Crippen molar-refractivity contribution in [3.63, 3.8) is 0 Å². The highest BCUT2D eigenvalue weighted by atomic mass is 32.2. The minimum Gasteiger partial charge on any atom is -0.494 e. The Morgan fingerprint density at radius 1 is 1.45 bits per heavy atom. The van der Waals surface area contributed by atoms with Crippen LogP contribution in [0.25, 0.3) is 0 Å². The van der Waals surface area contributed by atoms with Gasteiger partial charge in [0.15, 0.2) is 5.88 Å². The number of aromatic nitrogens is 1. The Hall–Kier alpha value is -1.87. The number of aromatic hydroxyl groups is 1. The van der Waals surface area contributed by atoms with Gasteiger partial charge in [-0.15, -0.1) is 0 Å². The number of carbonyl (C=O) groups is 1. The van der Waals surface area contributed by atoms with Crippen LogP contribution in [0.5, 0.6) is 5.88 Å². The summed E-state index contributed by atoms with van der Waals surface area (Å²) in [6, 6.07) is 1.16. The highest BCUT2D eigenvalue weighted by molar-refractivity contribution is 7.85. The maximum absolute atomic E-state index is 11.7. The summed E-state index contributed by atoms with van der Waals surface area (Å²) in [6.45, 7) is 2.86. The monoisotopic (exact) mass is 304 g/mol. The summed E-state index contributed by atoms with van der Waals surface area (Å²) in [5.74, 6) is -1.61. The summed E-state index contributed by atoms with van der Waals surface area (Å²) >= 11 is 0. The van der Waals surface area contributed by atoms with Crippen molar-refractivity contribution < 1.29 is 22.9 Å². The van der Waals surface area contributed by atoms with Crippen LogP contribution >= 0.6 is 0 Å². The van der Waals surface area contributed by atoms with Crippen LogP contribution in [0.15, 0.2) is 10.9 Å². The van der Waals surface area contributed by atoms with Gasteiger partial charge in [-0.1, -0.05) is 0 Å².